The summed E-state index contributed by atoms with van der Waals surface area (Å²) in [6.07, 6.45) is 4.68. The first-order valence-corrected chi connectivity index (χ1v) is 8.04. The Balaban J connectivity index is 3.01. The van der Waals surface area contributed by atoms with Crippen molar-refractivity contribution < 1.29 is 9.84 Å². The monoisotopic (exact) mass is 294 g/mol. The normalized spacial score (nSPS) is 15.8. The van der Waals surface area contributed by atoms with Gasteiger partial charge in [-0.3, -0.25) is 9.88 Å². The molecule has 0 saturated heterocycles. The van der Waals surface area contributed by atoms with Crippen LogP contribution in [0, 0.1) is 0 Å². The minimum Gasteiger partial charge on any atom is -0.492 e. The summed E-state index contributed by atoms with van der Waals surface area (Å²) >= 11 is 0. The number of pyridine rings is 1. The molecule has 120 valence electrons. The third-order valence-corrected chi connectivity index (χ3v) is 4.31. The summed E-state index contributed by atoms with van der Waals surface area (Å²) in [5.41, 5.74) is 0.522. The molecule has 4 heteroatoms. The minimum absolute atomic E-state index is 0.297. The average Bonchev–Trinajstić information content (AvgIpc) is 2.53. The summed E-state index contributed by atoms with van der Waals surface area (Å²) in [5, 5.41) is 10.9. The number of aliphatic hydroxyl groups is 1. The highest BCUT2D eigenvalue weighted by Gasteiger charge is 2.37. The molecule has 0 aromatic carbocycles. The van der Waals surface area contributed by atoms with Crippen molar-refractivity contribution in [2.45, 2.75) is 59.1 Å². The van der Waals surface area contributed by atoms with Crippen molar-refractivity contribution in [2.75, 3.05) is 19.7 Å². The maximum absolute atomic E-state index is 10.9. The predicted octanol–water partition coefficient (Wildman–Crippen LogP) is 3.41. The van der Waals surface area contributed by atoms with E-state index in [-0.39, 0.29) is 5.54 Å². The highest BCUT2D eigenvalue weighted by molar-refractivity contribution is 5.27. The van der Waals surface area contributed by atoms with Crippen LogP contribution in [0.4, 0.5) is 0 Å². The molecule has 1 aromatic heterocycles. The highest BCUT2D eigenvalue weighted by atomic mass is 16.5. The quantitative estimate of drug-likeness (QED) is 0.758. The van der Waals surface area contributed by atoms with Crippen LogP contribution in [0.25, 0.3) is 0 Å². The van der Waals surface area contributed by atoms with Crippen molar-refractivity contribution in [3.63, 3.8) is 0 Å². The summed E-state index contributed by atoms with van der Waals surface area (Å²) < 4.78 is 5.62. The lowest BCUT2D eigenvalue weighted by molar-refractivity contribution is -0.0216. The van der Waals surface area contributed by atoms with Gasteiger partial charge >= 0.3 is 0 Å². The van der Waals surface area contributed by atoms with Crippen LogP contribution in [0.3, 0.4) is 0 Å². The fraction of sp³-hybridized carbons (Fsp3) is 0.706. The van der Waals surface area contributed by atoms with E-state index in [2.05, 4.69) is 44.5 Å². The van der Waals surface area contributed by atoms with E-state index < -0.39 is 6.10 Å². The molecule has 4 nitrogen and oxygen atoms in total. The molecule has 0 radical (unpaired) electrons. The van der Waals surface area contributed by atoms with E-state index in [0.29, 0.717) is 6.61 Å². The van der Waals surface area contributed by atoms with Gasteiger partial charge in [-0.15, -0.1) is 0 Å². The van der Waals surface area contributed by atoms with Gasteiger partial charge in [-0.1, -0.05) is 27.7 Å². The van der Waals surface area contributed by atoms with E-state index in [1.54, 1.807) is 12.4 Å². The Morgan fingerprint density at radius 1 is 1.24 bits per heavy atom. The zero-order chi connectivity index (χ0) is 15.9. The number of rotatable bonds is 9. The van der Waals surface area contributed by atoms with Gasteiger partial charge in [0, 0.05) is 17.3 Å². The zero-order valence-electron chi connectivity index (χ0n) is 14.1. The number of hydrogen-bond acceptors (Lipinski definition) is 4. The second-order valence-electron chi connectivity index (χ2n) is 5.59. The van der Waals surface area contributed by atoms with Gasteiger partial charge in [0.25, 0.3) is 0 Å². The van der Waals surface area contributed by atoms with Crippen molar-refractivity contribution in [1.82, 2.24) is 9.88 Å². The lowest BCUT2D eigenvalue weighted by Crippen LogP contribution is -2.50. The average molecular weight is 294 g/mol. The van der Waals surface area contributed by atoms with E-state index in [1.807, 2.05) is 6.07 Å². The molecule has 0 amide bonds. The van der Waals surface area contributed by atoms with Gasteiger partial charge in [0.15, 0.2) is 0 Å². The molecule has 0 spiro atoms. The smallest absolute Gasteiger partial charge is 0.137 e. The second kappa shape index (κ2) is 8.35. The maximum atomic E-state index is 10.9. The van der Waals surface area contributed by atoms with Crippen molar-refractivity contribution in [3.8, 4) is 5.75 Å². The first-order valence-electron chi connectivity index (χ1n) is 8.04. The molecular formula is C17H30N2O2. The number of hydrogen-bond donors (Lipinski definition) is 1. The van der Waals surface area contributed by atoms with Crippen molar-refractivity contribution in [2.24, 2.45) is 0 Å². The van der Waals surface area contributed by atoms with Crippen LogP contribution < -0.4 is 4.74 Å². The van der Waals surface area contributed by atoms with Gasteiger partial charge < -0.3 is 9.84 Å². The van der Waals surface area contributed by atoms with Crippen molar-refractivity contribution >= 4 is 0 Å². The molecule has 0 aliphatic rings. The van der Waals surface area contributed by atoms with Gasteiger partial charge in [0.1, 0.15) is 5.75 Å². The number of aliphatic hydroxyl groups excluding tert-OH is 1. The molecule has 2 atom stereocenters. The highest BCUT2D eigenvalue weighted by Crippen LogP contribution is 2.34. The zero-order valence-corrected chi connectivity index (χ0v) is 14.1. The fourth-order valence-corrected chi connectivity index (χ4v) is 2.78. The number of ether oxygens (including phenoxy) is 1. The van der Waals surface area contributed by atoms with E-state index in [4.69, 9.17) is 4.74 Å². The molecule has 0 fully saturated rings. The van der Waals surface area contributed by atoms with Crippen LogP contribution in [-0.4, -0.2) is 40.2 Å². The summed E-state index contributed by atoms with van der Waals surface area (Å²) in [4.78, 5) is 6.52. The molecule has 1 aromatic rings. The Morgan fingerprint density at radius 3 is 2.43 bits per heavy atom. The largest absolute Gasteiger partial charge is 0.492 e. The Hall–Kier alpha value is -1.13. The van der Waals surface area contributed by atoms with Gasteiger partial charge in [0.05, 0.1) is 18.9 Å². The maximum Gasteiger partial charge on any atom is 0.137 e. The van der Waals surface area contributed by atoms with E-state index in [1.165, 1.54) is 0 Å². The number of aromatic nitrogens is 1. The van der Waals surface area contributed by atoms with Gasteiger partial charge in [-0.05, 0) is 38.9 Å². The molecule has 1 rings (SSSR count). The van der Waals surface area contributed by atoms with Crippen LogP contribution >= 0.6 is 0 Å². The minimum atomic E-state index is -0.583. The van der Waals surface area contributed by atoms with Gasteiger partial charge in [0.2, 0.25) is 0 Å². The van der Waals surface area contributed by atoms with Gasteiger partial charge in [-0.25, -0.2) is 0 Å². The molecule has 1 heterocycles. The summed E-state index contributed by atoms with van der Waals surface area (Å²) in [7, 11) is 0. The Bertz CT molecular complexity index is 421. The summed E-state index contributed by atoms with van der Waals surface area (Å²) in [6, 6.07) is 1.91. The summed E-state index contributed by atoms with van der Waals surface area (Å²) in [5.74, 6) is 0.728. The molecule has 0 bridgehead atoms. The van der Waals surface area contributed by atoms with Crippen LogP contribution in [0.15, 0.2) is 18.5 Å². The lowest BCUT2D eigenvalue weighted by Gasteiger charge is -2.43. The number of nitrogens with zero attached hydrogens (tertiary/aromatic N) is 2. The first-order chi connectivity index (χ1) is 10.0. The molecular weight excluding hydrogens is 264 g/mol. The third kappa shape index (κ3) is 4.17. The van der Waals surface area contributed by atoms with Crippen molar-refractivity contribution in [3.05, 3.63) is 24.0 Å². The Labute approximate surface area is 129 Å². The molecule has 1 N–H and O–H groups in total. The second-order valence-corrected chi connectivity index (χ2v) is 5.59. The Kier molecular flexibility index (Phi) is 7.12. The fourth-order valence-electron chi connectivity index (χ4n) is 2.78. The van der Waals surface area contributed by atoms with E-state index in [9.17, 15) is 5.11 Å². The lowest BCUT2D eigenvalue weighted by atomic mass is 9.85. The van der Waals surface area contributed by atoms with Crippen molar-refractivity contribution in [1.29, 1.82) is 0 Å². The first kappa shape index (κ1) is 17.9. The predicted molar refractivity (Wildman–Crippen MR) is 86.6 cm³/mol. The molecule has 21 heavy (non-hydrogen) atoms. The van der Waals surface area contributed by atoms with Crippen LogP contribution in [0.2, 0.25) is 0 Å². The SMILES string of the molecule is CCCOc1cncc(C(O)C(C)(CC)N(CC)CC)c1. The topological polar surface area (TPSA) is 45.6 Å². The molecule has 0 saturated carbocycles. The molecule has 0 aliphatic carbocycles. The van der Waals surface area contributed by atoms with E-state index >= 15 is 0 Å². The third-order valence-electron chi connectivity index (χ3n) is 4.31. The van der Waals surface area contributed by atoms with Crippen LogP contribution in [0.5, 0.6) is 5.75 Å². The van der Waals surface area contributed by atoms with Crippen LogP contribution in [0.1, 0.15) is 59.1 Å². The summed E-state index contributed by atoms with van der Waals surface area (Å²) in [6.45, 7) is 13.1. The van der Waals surface area contributed by atoms with Gasteiger partial charge in [-0.2, -0.15) is 0 Å². The standard InChI is InChI=1S/C17H30N2O2/c1-6-10-21-15-11-14(12-18-13-15)16(20)17(5,7-2)19(8-3)9-4/h11-13,16,20H,6-10H2,1-5H3. The Morgan fingerprint density at radius 2 is 1.90 bits per heavy atom. The molecule has 0 aliphatic heterocycles. The molecule has 2 unspecified atom stereocenters. The van der Waals surface area contributed by atoms with E-state index in [0.717, 1.165) is 37.2 Å². The van der Waals surface area contributed by atoms with Crippen LogP contribution in [-0.2, 0) is 0 Å². The number of likely N-dealkylation sites (N-methyl/N-ethyl adjacent to an activating group) is 1.